The minimum atomic E-state index is 0.0520. The Kier molecular flexibility index (Phi) is 3.50. The van der Waals surface area contributed by atoms with Gasteiger partial charge in [0.05, 0.1) is 12.2 Å². The molecule has 1 heterocycles. The highest BCUT2D eigenvalue weighted by Crippen LogP contribution is 2.43. The zero-order chi connectivity index (χ0) is 13.3. The van der Waals surface area contributed by atoms with E-state index in [1.807, 2.05) is 19.1 Å². The summed E-state index contributed by atoms with van der Waals surface area (Å²) in [6, 6.07) is 8.21. The molecule has 2 unspecified atom stereocenters. The van der Waals surface area contributed by atoms with E-state index in [-0.39, 0.29) is 17.7 Å². The molecule has 1 saturated carbocycles. The van der Waals surface area contributed by atoms with E-state index in [9.17, 15) is 0 Å². The summed E-state index contributed by atoms with van der Waals surface area (Å²) in [7, 11) is 0. The topological polar surface area (TPSA) is 44.5 Å². The van der Waals surface area contributed by atoms with Crippen molar-refractivity contribution in [2.75, 3.05) is 6.61 Å². The third-order valence-electron chi connectivity index (χ3n) is 4.40. The van der Waals surface area contributed by atoms with Crippen LogP contribution in [0.3, 0.4) is 0 Å². The second kappa shape index (κ2) is 5.14. The molecule has 0 aromatic heterocycles. The van der Waals surface area contributed by atoms with Crippen molar-refractivity contribution in [3.8, 4) is 5.75 Å². The Hall–Kier alpha value is -1.06. The molecule has 1 aromatic rings. The van der Waals surface area contributed by atoms with Gasteiger partial charge in [0.2, 0.25) is 0 Å². The van der Waals surface area contributed by atoms with Gasteiger partial charge in [-0.25, -0.2) is 0 Å². The summed E-state index contributed by atoms with van der Waals surface area (Å²) in [6.07, 6.45) is 6.02. The number of rotatable bonds is 3. The molecule has 1 saturated heterocycles. The molecule has 2 fully saturated rings. The van der Waals surface area contributed by atoms with Crippen molar-refractivity contribution in [1.29, 1.82) is 0 Å². The highest BCUT2D eigenvalue weighted by Gasteiger charge is 2.43. The molecule has 0 radical (unpaired) electrons. The molecule has 1 aromatic carbocycles. The molecule has 19 heavy (non-hydrogen) atoms. The molecule has 104 valence electrons. The van der Waals surface area contributed by atoms with E-state index in [1.165, 1.54) is 19.3 Å². The monoisotopic (exact) mass is 261 g/mol. The van der Waals surface area contributed by atoms with Gasteiger partial charge in [-0.3, -0.25) is 0 Å². The van der Waals surface area contributed by atoms with Crippen LogP contribution in [0.4, 0.5) is 0 Å². The van der Waals surface area contributed by atoms with Crippen LogP contribution in [0.25, 0.3) is 0 Å². The van der Waals surface area contributed by atoms with Gasteiger partial charge in [-0.05, 0) is 43.9 Å². The Morgan fingerprint density at radius 3 is 2.95 bits per heavy atom. The van der Waals surface area contributed by atoms with Crippen LogP contribution in [-0.2, 0) is 4.74 Å². The Bertz CT molecular complexity index is 440. The van der Waals surface area contributed by atoms with Crippen LogP contribution in [-0.4, -0.2) is 18.3 Å². The normalized spacial score (nSPS) is 26.7. The first-order chi connectivity index (χ1) is 9.17. The molecule has 3 nitrogen and oxygen atoms in total. The Balaban J connectivity index is 1.65. The predicted octanol–water partition coefficient (Wildman–Crippen LogP) is 3.19. The van der Waals surface area contributed by atoms with Gasteiger partial charge in [0, 0.05) is 18.9 Å². The zero-order valence-electron chi connectivity index (χ0n) is 11.6. The first-order valence-corrected chi connectivity index (χ1v) is 7.33. The highest BCUT2D eigenvalue weighted by atomic mass is 16.5. The maximum absolute atomic E-state index is 6.14. The van der Waals surface area contributed by atoms with Crippen LogP contribution >= 0.6 is 0 Å². The molecule has 1 aliphatic carbocycles. The zero-order valence-corrected chi connectivity index (χ0v) is 11.6. The molecule has 2 N–H and O–H groups in total. The lowest BCUT2D eigenvalue weighted by Gasteiger charge is -2.46. The van der Waals surface area contributed by atoms with Crippen LogP contribution in [0.15, 0.2) is 24.3 Å². The third-order valence-corrected chi connectivity index (χ3v) is 4.40. The maximum Gasteiger partial charge on any atom is 0.120 e. The van der Waals surface area contributed by atoms with Crippen LogP contribution in [0.1, 0.15) is 50.6 Å². The lowest BCUT2D eigenvalue weighted by atomic mass is 9.74. The first kappa shape index (κ1) is 12.9. The molecular weight excluding hydrogens is 238 g/mol. The summed E-state index contributed by atoms with van der Waals surface area (Å²) >= 11 is 0. The fraction of sp³-hybridized carbons (Fsp3) is 0.625. The predicted molar refractivity (Wildman–Crippen MR) is 75.2 cm³/mol. The molecule has 0 amide bonds. The number of hydrogen-bond acceptors (Lipinski definition) is 3. The smallest absolute Gasteiger partial charge is 0.120 e. The van der Waals surface area contributed by atoms with Gasteiger partial charge in [0.25, 0.3) is 0 Å². The summed E-state index contributed by atoms with van der Waals surface area (Å²) in [5.74, 6) is 0.941. The Morgan fingerprint density at radius 1 is 1.42 bits per heavy atom. The van der Waals surface area contributed by atoms with Crippen molar-refractivity contribution in [1.82, 2.24) is 0 Å². The average molecular weight is 261 g/mol. The van der Waals surface area contributed by atoms with E-state index >= 15 is 0 Å². The molecular formula is C16H23NO2. The van der Waals surface area contributed by atoms with Crippen molar-refractivity contribution < 1.29 is 9.47 Å². The molecule has 1 aliphatic heterocycles. The summed E-state index contributed by atoms with van der Waals surface area (Å²) < 4.78 is 12.1. The number of hydrogen-bond donors (Lipinski definition) is 1. The lowest BCUT2D eigenvalue weighted by molar-refractivity contribution is -0.153. The van der Waals surface area contributed by atoms with Crippen molar-refractivity contribution in [2.45, 2.75) is 56.8 Å². The van der Waals surface area contributed by atoms with E-state index in [0.717, 1.165) is 30.8 Å². The van der Waals surface area contributed by atoms with Crippen molar-refractivity contribution >= 4 is 0 Å². The molecule has 0 bridgehead atoms. The molecule has 3 rings (SSSR count). The highest BCUT2D eigenvalue weighted by molar-refractivity contribution is 5.30. The molecule has 1 spiro atoms. The maximum atomic E-state index is 6.14. The summed E-state index contributed by atoms with van der Waals surface area (Å²) in [6.45, 7) is 2.83. The van der Waals surface area contributed by atoms with E-state index in [4.69, 9.17) is 15.2 Å². The van der Waals surface area contributed by atoms with Gasteiger partial charge in [0.15, 0.2) is 0 Å². The summed E-state index contributed by atoms with van der Waals surface area (Å²) in [5.41, 5.74) is 7.18. The lowest BCUT2D eigenvalue weighted by Crippen LogP contribution is -2.48. The van der Waals surface area contributed by atoms with E-state index < -0.39 is 0 Å². The number of ether oxygens (including phenoxy) is 2. The number of nitrogens with two attached hydrogens (primary N) is 1. The van der Waals surface area contributed by atoms with Crippen LogP contribution in [0.2, 0.25) is 0 Å². The minimum Gasteiger partial charge on any atom is -0.490 e. The van der Waals surface area contributed by atoms with Gasteiger partial charge in [0.1, 0.15) is 11.9 Å². The van der Waals surface area contributed by atoms with Crippen molar-refractivity contribution in [2.24, 2.45) is 5.73 Å². The van der Waals surface area contributed by atoms with Gasteiger partial charge in [-0.15, -0.1) is 0 Å². The Labute approximate surface area is 115 Å². The SMILES string of the molecule is CC(N)c1cccc(OC2CCOC3(CCC3)C2)c1. The largest absolute Gasteiger partial charge is 0.490 e. The van der Waals surface area contributed by atoms with E-state index in [2.05, 4.69) is 12.1 Å². The van der Waals surface area contributed by atoms with Crippen LogP contribution in [0, 0.1) is 0 Å². The quantitative estimate of drug-likeness (QED) is 0.908. The van der Waals surface area contributed by atoms with Gasteiger partial charge >= 0.3 is 0 Å². The molecule has 3 heteroatoms. The van der Waals surface area contributed by atoms with Crippen molar-refractivity contribution in [3.05, 3.63) is 29.8 Å². The van der Waals surface area contributed by atoms with Crippen molar-refractivity contribution in [3.63, 3.8) is 0 Å². The van der Waals surface area contributed by atoms with Crippen LogP contribution in [0.5, 0.6) is 5.75 Å². The first-order valence-electron chi connectivity index (χ1n) is 7.33. The summed E-state index contributed by atoms with van der Waals surface area (Å²) in [5, 5.41) is 0. The van der Waals surface area contributed by atoms with Gasteiger partial charge < -0.3 is 15.2 Å². The second-order valence-electron chi connectivity index (χ2n) is 5.98. The van der Waals surface area contributed by atoms with Crippen LogP contribution < -0.4 is 10.5 Å². The third kappa shape index (κ3) is 2.77. The fourth-order valence-electron chi connectivity index (χ4n) is 3.07. The minimum absolute atomic E-state index is 0.0520. The summed E-state index contributed by atoms with van der Waals surface area (Å²) in [4.78, 5) is 0. The second-order valence-corrected chi connectivity index (χ2v) is 5.98. The molecule has 2 aliphatic rings. The standard InChI is InChI=1S/C16H23NO2/c1-12(17)13-4-2-5-14(10-13)19-15-6-9-18-16(11-15)7-3-8-16/h2,4-5,10,12,15H,3,6-9,11,17H2,1H3. The Morgan fingerprint density at radius 2 is 2.26 bits per heavy atom. The van der Waals surface area contributed by atoms with E-state index in [1.54, 1.807) is 0 Å². The van der Waals surface area contributed by atoms with Gasteiger partial charge in [-0.1, -0.05) is 12.1 Å². The fourth-order valence-corrected chi connectivity index (χ4v) is 3.07. The van der Waals surface area contributed by atoms with E-state index in [0.29, 0.717) is 0 Å². The number of benzene rings is 1. The molecule has 2 atom stereocenters. The van der Waals surface area contributed by atoms with Gasteiger partial charge in [-0.2, -0.15) is 0 Å². The average Bonchev–Trinajstić information content (AvgIpc) is 2.37.